The van der Waals surface area contributed by atoms with Gasteiger partial charge in [-0.15, -0.1) is 0 Å². The second kappa shape index (κ2) is 9.61. The predicted octanol–water partition coefficient (Wildman–Crippen LogP) is 5.25. The third kappa shape index (κ3) is 6.05. The molecule has 0 atom stereocenters. The first-order valence-electron chi connectivity index (χ1n) is 7.43. The van der Waals surface area contributed by atoms with Gasteiger partial charge in [-0.1, -0.05) is 39.1 Å². The predicted molar refractivity (Wildman–Crippen MR) is 104 cm³/mol. The molecule has 2 amide bonds. The van der Waals surface area contributed by atoms with E-state index in [0.29, 0.717) is 30.3 Å². The molecule has 7 nitrogen and oxygen atoms in total. The van der Waals surface area contributed by atoms with E-state index in [2.05, 4.69) is 26.6 Å². The summed E-state index contributed by atoms with van der Waals surface area (Å²) in [5, 5.41) is 16.5. The molecular weight excluding hydrogens is 449 g/mol. The number of carbonyl (C=O) groups excluding carboxylic acids is 1. The summed E-state index contributed by atoms with van der Waals surface area (Å²) in [6.07, 6.45) is 0.556. The second-order valence-electron chi connectivity index (χ2n) is 5.08. The number of urea groups is 1. The molecule has 2 rings (SSSR count). The Bertz CT molecular complexity index is 820. The van der Waals surface area contributed by atoms with Crippen LogP contribution >= 0.6 is 39.1 Å². The zero-order valence-electron chi connectivity index (χ0n) is 13.3. The van der Waals surface area contributed by atoms with Crippen LogP contribution in [0.5, 0.6) is 5.75 Å². The number of amides is 2. The molecule has 138 valence electrons. The first-order valence-corrected chi connectivity index (χ1v) is 8.98. The molecule has 0 aliphatic heterocycles. The maximum absolute atomic E-state index is 11.8. The molecule has 0 spiro atoms. The third-order valence-electron chi connectivity index (χ3n) is 3.16. The zero-order chi connectivity index (χ0) is 19.1. The number of nitrogens with zero attached hydrogens (tertiary/aromatic N) is 1. The van der Waals surface area contributed by atoms with Crippen LogP contribution < -0.4 is 15.4 Å². The summed E-state index contributed by atoms with van der Waals surface area (Å²) in [5.41, 5.74) is 0.000683. The molecule has 2 aromatic rings. The van der Waals surface area contributed by atoms with E-state index in [9.17, 15) is 14.9 Å². The average Bonchev–Trinajstić information content (AvgIpc) is 2.57. The number of nitro benzene ring substituents is 1. The summed E-state index contributed by atoms with van der Waals surface area (Å²) >= 11 is 15.1. The fourth-order valence-electron chi connectivity index (χ4n) is 1.95. The summed E-state index contributed by atoms with van der Waals surface area (Å²) in [4.78, 5) is 22.0. The number of nitrogens with one attached hydrogen (secondary N) is 2. The molecule has 0 aliphatic carbocycles. The maximum Gasteiger partial charge on any atom is 0.319 e. The number of halogens is 3. The van der Waals surface area contributed by atoms with Crippen molar-refractivity contribution >= 4 is 56.5 Å². The number of ether oxygens (including phenoxy) is 1. The van der Waals surface area contributed by atoms with Crippen LogP contribution in [0.4, 0.5) is 16.2 Å². The number of anilines is 1. The Kier molecular flexibility index (Phi) is 7.50. The molecule has 0 heterocycles. The number of hydrogen-bond donors (Lipinski definition) is 2. The van der Waals surface area contributed by atoms with Gasteiger partial charge < -0.3 is 15.4 Å². The zero-order valence-corrected chi connectivity index (χ0v) is 16.4. The van der Waals surface area contributed by atoms with Crippen molar-refractivity contribution in [1.82, 2.24) is 5.32 Å². The molecule has 2 N–H and O–H groups in total. The van der Waals surface area contributed by atoms with Gasteiger partial charge in [-0.2, -0.15) is 0 Å². The number of carbonyl (C=O) groups is 1. The summed E-state index contributed by atoms with van der Waals surface area (Å²) in [7, 11) is 0. The van der Waals surface area contributed by atoms with Crippen LogP contribution in [0.2, 0.25) is 10.0 Å². The maximum atomic E-state index is 11.8. The van der Waals surface area contributed by atoms with Crippen molar-refractivity contribution in [3.8, 4) is 5.75 Å². The van der Waals surface area contributed by atoms with Crippen LogP contribution in [0, 0.1) is 10.1 Å². The Hall–Kier alpha value is -2.03. The Labute approximate surface area is 167 Å². The van der Waals surface area contributed by atoms with Crippen LogP contribution in [-0.2, 0) is 0 Å². The van der Waals surface area contributed by atoms with Crippen molar-refractivity contribution in [2.45, 2.75) is 6.42 Å². The molecule has 10 heteroatoms. The van der Waals surface area contributed by atoms with Gasteiger partial charge in [0.15, 0.2) is 0 Å². The first-order chi connectivity index (χ1) is 12.4. The molecule has 0 bridgehead atoms. The Morgan fingerprint density at radius 3 is 2.65 bits per heavy atom. The Morgan fingerprint density at radius 2 is 1.96 bits per heavy atom. The third-order valence-corrected chi connectivity index (χ3v) is 4.27. The summed E-state index contributed by atoms with van der Waals surface area (Å²) in [6, 6.07) is 8.84. The number of nitro groups is 1. The van der Waals surface area contributed by atoms with Gasteiger partial charge in [-0.25, -0.2) is 4.79 Å². The van der Waals surface area contributed by atoms with Gasteiger partial charge in [0.2, 0.25) is 0 Å². The summed E-state index contributed by atoms with van der Waals surface area (Å²) in [6.45, 7) is 0.726. The summed E-state index contributed by atoms with van der Waals surface area (Å²) in [5.74, 6) is 0.563. The number of hydrogen-bond acceptors (Lipinski definition) is 4. The highest BCUT2D eigenvalue weighted by atomic mass is 79.9. The molecular formula is C16H14BrCl2N3O4. The van der Waals surface area contributed by atoms with Gasteiger partial charge in [0.1, 0.15) is 10.8 Å². The SMILES string of the molecule is O=C(NCCCOc1ccc(Br)cc1Cl)Nc1ccc(Cl)c([N+](=O)[O-])c1. The highest BCUT2D eigenvalue weighted by Crippen LogP contribution is 2.28. The smallest absolute Gasteiger partial charge is 0.319 e. The van der Waals surface area contributed by atoms with Crippen molar-refractivity contribution in [3.63, 3.8) is 0 Å². The van der Waals surface area contributed by atoms with Gasteiger partial charge in [0.05, 0.1) is 16.6 Å². The van der Waals surface area contributed by atoms with E-state index in [4.69, 9.17) is 27.9 Å². The summed E-state index contributed by atoms with van der Waals surface area (Å²) < 4.78 is 6.39. The monoisotopic (exact) mass is 461 g/mol. The number of rotatable bonds is 7. The van der Waals surface area contributed by atoms with Crippen LogP contribution in [0.15, 0.2) is 40.9 Å². The van der Waals surface area contributed by atoms with Gasteiger partial charge in [-0.3, -0.25) is 10.1 Å². The van der Waals surface area contributed by atoms with E-state index >= 15 is 0 Å². The fraction of sp³-hybridized carbons (Fsp3) is 0.188. The second-order valence-corrected chi connectivity index (χ2v) is 6.81. The van der Waals surface area contributed by atoms with Crippen LogP contribution in [0.1, 0.15) is 6.42 Å². The van der Waals surface area contributed by atoms with Crippen molar-refractivity contribution in [3.05, 3.63) is 61.0 Å². The van der Waals surface area contributed by atoms with Gasteiger partial charge >= 0.3 is 6.03 Å². The van der Waals surface area contributed by atoms with Crippen molar-refractivity contribution < 1.29 is 14.5 Å². The largest absolute Gasteiger partial charge is 0.492 e. The molecule has 0 aromatic heterocycles. The van der Waals surface area contributed by atoms with E-state index in [1.807, 2.05) is 6.07 Å². The van der Waals surface area contributed by atoms with E-state index < -0.39 is 11.0 Å². The van der Waals surface area contributed by atoms with Crippen LogP contribution in [0.25, 0.3) is 0 Å². The normalized spacial score (nSPS) is 10.3. The van der Waals surface area contributed by atoms with Gasteiger partial charge in [0.25, 0.3) is 5.69 Å². The first kappa shape index (κ1) is 20.3. The van der Waals surface area contributed by atoms with E-state index in [1.54, 1.807) is 12.1 Å². The Balaban J connectivity index is 1.74. The topological polar surface area (TPSA) is 93.5 Å². The number of benzene rings is 2. The lowest BCUT2D eigenvalue weighted by molar-refractivity contribution is -0.384. The molecule has 0 fully saturated rings. The fourth-order valence-corrected chi connectivity index (χ4v) is 2.87. The van der Waals surface area contributed by atoms with E-state index in [1.165, 1.54) is 18.2 Å². The van der Waals surface area contributed by atoms with Crippen LogP contribution in [0.3, 0.4) is 0 Å². The molecule has 0 saturated carbocycles. The van der Waals surface area contributed by atoms with Crippen molar-refractivity contribution in [2.75, 3.05) is 18.5 Å². The Morgan fingerprint density at radius 1 is 1.19 bits per heavy atom. The van der Waals surface area contributed by atoms with E-state index in [-0.39, 0.29) is 16.4 Å². The molecule has 26 heavy (non-hydrogen) atoms. The lowest BCUT2D eigenvalue weighted by Gasteiger charge is -2.10. The lowest BCUT2D eigenvalue weighted by atomic mass is 10.3. The highest BCUT2D eigenvalue weighted by molar-refractivity contribution is 9.10. The minimum atomic E-state index is -0.615. The average molecular weight is 463 g/mol. The quantitative estimate of drug-likeness (QED) is 0.333. The van der Waals surface area contributed by atoms with E-state index in [0.717, 1.165) is 4.47 Å². The molecule has 0 unspecified atom stereocenters. The van der Waals surface area contributed by atoms with Gasteiger partial charge in [0, 0.05) is 22.8 Å². The lowest BCUT2D eigenvalue weighted by Crippen LogP contribution is -2.30. The molecule has 2 aromatic carbocycles. The molecule has 0 saturated heterocycles. The minimum Gasteiger partial charge on any atom is -0.492 e. The standard InChI is InChI=1S/C16H14BrCl2N3O4/c17-10-2-5-15(13(19)8-10)26-7-1-6-20-16(23)21-11-3-4-12(18)14(9-11)22(24)25/h2-5,8-9H,1,6-7H2,(H2,20,21,23). The molecule has 0 aliphatic rings. The molecule has 0 radical (unpaired) electrons. The van der Waals surface area contributed by atoms with Gasteiger partial charge in [-0.05, 0) is 36.8 Å². The van der Waals surface area contributed by atoms with Crippen molar-refractivity contribution in [2.24, 2.45) is 0 Å². The van der Waals surface area contributed by atoms with Crippen LogP contribution in [-0.4, -0.2) is 24.1 Å². The highest BCUT2D eigenvalue weighted by Gasteiger charge is 2.13. The van der Waals surface area contributed by atoms with Crippen molar-refractivity contribution in [1.29, 1.82) is 0 Å². The minimum absolute atomic E-state index is 0.00436.